The quantitative estimate of drug-likeness (QED) is 0.764. The van der Waals surface area contributed by atoms with E-state index in [1.807, 2.05) is 4.90 Å². The van der Waals surface area contributed by atoms with Gasteiger partial charge in [0.05, 0.1) is 6.10 Å². The summed E-state index contributed by atoms with van der Waals surface area (Å²) < 4.78 is 0. The molecule has 6 heteroatoms. The Balaban J connectivity index is 2.04. The lowest BCUT2D eigenvalue weighted by Gasteiger charge is -2.31. The highest BCUT2D eigenvalue weighted by molar-refractivity contribution is 5.82. The number of fused-ring (bicyclic) bond motifs is 1. The number of hydrogen-bond acceptors (Lipinski definition) is 6. The summed E-state index contributed by atoms with van der Waals surface area (Å²) in [4.78, 5) is 18.8. The Labute approximate surface area is 98.4 Å². The van der Waals surface area contributed by atoms with E-state index in [1.54, 1.807) is 12.4 Å². The molecular formula is C11H13N5O. The molecule has 3 rings (SSSR count). The molecule has 0 radical (unpaired) electrons. The number of anilines is 1. The summed E-state index contributed by atoms with van der Waals surface area (Å²) in [5, 5.41) is 9.69. The lowest BCUT2D eigenvalue weighted by atomic mass is 10.1. The summed E-state index contributed by atoms with van der Waals surface area (Å²) in [6, 6.07) is 0. The standard InChI is InChI=1S/C11H13N5O/c17-8-2-1-5-16(6-8)11-9-10(14-7-15-11)13-4-3-12-9/h3-4,7-8,17H,1-2,5-6H2/t8-/m0/s1. The zero-order chi connectivity index (χ0) is 11.7. The molecule has 0 amide bonds. The van der Waals surface area contributed by atoms with E-state index in [0.717, 1.165) is 25.2 Å². The first-order valence-corrected chi connectivity index (χ1v) is 5.69. The first-order chi connectivity index (χ1) is 8.34. The predicted octanol–water partition coefficient (Wildman–Crippen LogP) is 0.381. The molecule has 0 bridgehead atoms. The molecule has 0 aromatic carbocycles. The number of rotatable bonds is 1. The molecule has 1 aliphatic rings. The average molecular weight is 231 g/mol. The Morgan fingerprint density at radius 1 is 1.18 bits per heavy atom. The summed E-state index contributed by atoms with van der Waals surface area (Å²) in [7, 11) is 0. The molecule has 1 atom stereocenters. The third kappa shape index (κ3) is 1.91. The van der Waals surface area contributed by atoms with Crippen molar-refractivity contribution in [2.75, 3.05) is 18.0 Å². The first-order valence-electron chi connectivity index (χ1n) is 5.69. The van der Waals surface area contributed by atoms with Crippen LogP contribution in [0.4, 0.5) is 5.82 Å². The van der Waals surface area contributed by atoms with E-state index in [1.165, 1.54) is 6.33 Å². The van der Waals surface area contributed by atoms with Crippen LogP contribution < -0.4 is 4.90 Å². The Hall–Kier alpha value is -1.82. The number of piperidine rings is 1. The van der Waals surface area contributed by atoms with Crippen LogP contribution in [0, 0.1) is 0 Å². The van der Waals surface area contributed by atoms with Gasteiger partial charge in [-0.05, 0) is 12.8 Å². The highest BCUT2D eigenvalue weighted by Gasteiger charge is 2.21. The van der Waals surface area contributed by atoms with Gasteiger partial charge in [0, 0.05) is 25.5 Å². The predicted molar refractivity (Wildman–Crippen MR) is 62.6 cm³/mol. The van der Waals surface area contributed by atoms with Gasteiger partial charge in [-0.3, -0.25) is 0 Å². The van der Waals surface area contributed by atoms with Crippen molar-refractivity contribution in [3.63, 3.8) is 0 Å². The molecule has 2 aromatic heterocycles. The van der Waals surface area contributed by atoms with E-state index in [-0.39, 0.29) is 6.10 Å². The molecule has 6 nitrogen and oxygen atoms in total. The summed E-state index contributed by atoms with van der Waals surface area (Å²) in [5.74, 6) is 0.766. The van der Waals surface area contributed by atoms with Gasteiger partial charge in [-0.2, -0.15) is 0 Å². The highest BCUT2D eigenvalue weighted by Crippen LogP contribution is 2.22. The van der Waals surface area contributed by atoms with E-state index in [9.17, 15) is 5.11 Å². The van der Waals surface area contributed by atoms with Crippen molar-refractivity contribution in [3.8, 4) is 0 Å². The molecule has 2 aromatic rings. The van der Waals surface area contributed by atoms with Crippen molar-refractivity contribution in [2.24, 2.45) is 0 Å². The first kappa shape index (κ1) is 10.3. The number of nitrogens with zero attached hydrogens (tertiary/aromatic N) is 5. The summed E-state index contributed by atoms with van der Waals surface area (Å²) >= 11 is 0. The van der Waals surface area contributed by atoms with Crippen LogP contribution in [0.1, 0.15) is 12.8 Å². The fourth-order valence-electron chi connectivity index (χ4n) is 2.16. The average Bonchev–Trinajstić information content (AvgIpc) is 2.38. The van der Waals surface area contributed by atoms with Gasteiger partial charge >= 0.3 is 0 Å². The van der Waals surface area contributed by atoms with Gasteiger partial charge in [0.2, 0.25) is 0 Å². The third-order valence-corrected chi connectivity index (χ3v) is 2.95. The summed E-state index contributed by atoms with van der Waals surface area (Å²) in [6.07, 6.45) is 6.27. The number of β-amino-alcohol motifs (C(OH)–C–C–N with tert-alkyl or cyclic N) is 1. The molecule has 0 saturated carbocycles. The number of hydrogen-bond donors (Lipinski definition) is 1. The number of aliphatic hydroxyl groups excluding tert-OH is 1. The van der Waals surface area contributed by atoms with Crippen LogP contribution in [0.5, 0.6) is 0 Å². The fraction of sp³-hybridized carbons (Fsp3) is 0.455. The zero-order valence-corrected chi connectivity index (χ0v) is 9.32. The Kier molecular flexibility index (Phi) is 2.56. The van der Waals surface area contributed by atoms with Gasteiger partial charge in [-0.1, -0.05) is 0 Å². The second-order valence-electron chi connectivity index (χ2n) is 4.17. The monoisotopic (exact) mass is 231 g/mol. The van der Waals surface area contributed by atoms with Gasteiger partial charge in [0.1, 0.15) is 6.33 Å². The Morgan fingerprint density at radius 2 is 2.06 bits per heavy atom. The van der Waals surface area contributed by atoms with Gasteiger partial charge in [-0.25, -0.2) is 19.9 Å². The maximum Gasteiger partial charge on any atom is 0.183 e. The maximum atomic E-state index is 9.69. The molecule has 1 saturated heterocycles. The molecule has 17 heavy (non-hydrogen) atoms. The van der Waals surface area contributed by atoms with E-state index in [4.69, 9.17) is 0 Å². The molecule has 1 fully saturated rings. The van der Waals surface area contributed by atoms with Gasteiger partial charge < -0.3 is 10.0 Å². The fourth-order valence-corrected chi connectivity index (χ4v) is 2.16. The number of aromatic nitrogens is 4. The lowest BCUT2D eigenvalue weighted by Crippen LogP contribution is -2.38. The van der Waals surface area contributed by atoms with Crippen molar-refractivity contribution in [2.45, 2.75) is 18.9 Å². The van der Waals surface area contributed by atoms with E-state index < -0.39 is 0 Å². The van der Waals surface area contributed by atoms with Gasteiger partial charge in [0.15, 0.2) is 17.0 Å². The Morgan fingerprint density at radius 3 is 2.94 bits per heavy atom. The van der Waals surface area contributed by atoms with Crippen molar-refractivity contribution < 1.29 is 5.11 Å². The van der Waals surface area contributed by atoms with E-state index in [0.29, 0.717) is 17.7 Å². The minimum Gasteiger partial charge on any atom is -0.391 e. The Bertz CT molecular complexity index is 527. The molecular weight excluding hydrogens is 218 g/mol. The molecule has 0 spiro atoms. The van der Waals surface area contributed by atoms with E-state index >= 15 is 0 Å². The molecule has 3 heterocycles. The van der Waals surface area contributed by atoms with E-state index in [2.05, 4.69) is 19.9 Å². The topological polar surface area (TPSA) is 75.0 Å². The molecule has 88 valence electrons. The largest absolute Gasteiger partial charge is 0.391 e. The van der Waals surface area contributed by atoms with Crippen molar-refractivity contribution in [1.82, 2.24) is 19.9 Å². The van der Waals surface area contributed by atoms with Crippen LogP contribution in [0.3, 0.4) is 0 Å². The van der Waals surface area contributed by atoms with Crippen molar-refractivity contribution >= 4 is 17.0 Å². The summed E-state index contributed by atoms with van der Waals surface area (Å²) in [6.45, 7) is 1.49. The maximum absolute atomic E-state index is 9.69. The van der Waals surface area contributed by atoms with Crippen LogP contribution in [0.2, 0.25) is 0 Å². The number of aliphatic hydroxyl groups is 1. The molecule has 0 unspecified atom stereocenters. The smallest absolute Gasteiger partial charge is 0.183 e. The van der Waals surface area contributed by atoms with Gasteiger partial charge in [-0.15, -0.1) is 0 Å². The zero-order valence-electron chi connectivity index (χ0n) is 9.32. The van der Waals surface area contributed by atoms with Crippen LogP contribution in [0.25, 0.3) is 11.2 Å². The molecule has 1 N–H and O–H groups in total. The SMILES string of the molecule is O[C@H]1CCCN(c2ncnc3nccnc23)C1. The normalized spacial score (nSPS) is 20.8. The summed E-state index contributed by atoms with van der Waals surface area (Å²) in [5.41, 5.74) is 1.29. The molecule has 1 aliphatic heterocycles. The van der Waals surface area contributed by atoms with Crippen molar-refractivity contribution in [3.05, 3.63) is 18.7 Å². The lowest BCUT2D eigenvalue weighted by molar-refractivity contribution is 0.154. The van der Waals surface area contributed by atoms with Crippen molar-refractivity contribution in [1.29, 1.82) is 0 Å². The minimum atomic E-state index is -0.287. The third-order valence-electron chi connectivity index (χ3n) is 2.95. The van der Waals surface area contributed by atoms with Crippen LogP contribution >= 0.6 is 0 Å². The van der Waals surface area contributed by atoms with Crippen LogP contribution in [-0.4, -0.2) is 44.2 Å². The van der Waals surface area contributed by atoms with Gasteiger partial charge in [0.25, 0.3) is 0 Å². The van der Waals surface area contributed by atoms with Crippen LogP contribution in [-0.2, 0) is 0 Å². The second kappa shape index (κ2) is 4.21. The second-order valence-corrected chi connectivity index (χ2v) is 4.17. The molecule has 0 aliphatic carbocycles. The minimum absolute atomic E-state index is 0.287. The highest BCUT2D eigenvalue weighted by atomic mass is 16.3. The van der Waals surface area contributed by atoms with Crippen LogP contribution in [0.15, 0.2) is 18.7 Å².